The molecule has 0 saturated carbocycles. The first-order chi connectivity index (χ1) is 7.93. The fourth-order valence-electron chi connectivity index (χ4n) is 1.14. The molecule has 0 aliphatic heterocycles. The van der Waals surface area contributed by atoms with Gasteiger partial charge in [0.05, 0.1) is 0 Å². The Morgan fingerprint density at radius 3 is 1.83 bits per heavy atom. The van der Waals surface area contributed by atoms with Gasteiger partial charge in [-0.25, -0.2) is 0 Å². The van der Waals surface area contributed by atoms with E-state index in [1.807, 2.05) is 15.9 Å². The largest absolute Gasteiger partial charge is 0.573 e. The topological polar surface area (TPSA) is 29.5 Å². The van der Waals surface area contributed by atoms with Gasteiger partial charge in [0.2, 0.25) is 0 Å². The minimum atomic E-state index is -4.86. The third-order valence-electron chi connectivity index (χ3n) is 2.20. The Balaban J connectivity index is 2.97. The molecule has 1 atom stereocenters. The molecule has 0 saturated heterocycles. The summed E-state index contributed by atoms with van der Waals surface area (Å²) in [5.74, 6) is -0.556. The number of alkyl halides is 6. The van der Waals surface area contributed by atoms with Crippen molar-refractivity contribution >= 4 is 15.9 Å². The van der Waals surface area contributed by atoms with Crippen LogP contribution in [0.15, 0.2) is 24.3 Å². The monoisotopic (exact) mass is 334 g/mol. The predicted molar refractivity (Wildman–Crippen MR) is 56.6 cm³/mol. The normalized spacial score (nSPS) is 16.2. The van der Waals surface area contributed by atoms with Crippen molar-refractivity contribution in [2.24, 2.45) is 0 Å². The maximum absolute atomic E-state index is 13.0. The Kier molecular flexibility index (Phi) is 3.92. The van der Waals surface area contributed by atoms with Gasteiger partial charge in [-0.3, -0.25) is 0 Å². The first-order valence-corrected chi connectivity index (χ1v) is 5.38. The molecular formula is C10H8BrF5O2. The number of hydrogen-bond donors (Lipinski definition) is 1. The van der Waals surface area contributed by atoms with Crippen molar-refractivity contribution < 1.29 is 31.8 Å². The van der Waals surface area contributed by atoms with Crippen molar-refractivity contribution in [1.82, 2.24) is 0 Å². The highest BCUT2D eigenvalue weighted by molar-refractivity contribution is 9.10. The molecule has 1 N–H and O–H groups in total. The number of ether oxygens (including phenoxy) is 1. The molecule has 0 aromatic heterocycles. The molecule has 0 fully saturated rings. The van der Waals surface area contributed by atoms with E-state index in [9.17, 15) is 27.1 Å². The van der Waals surface area contributed by atoms with E-state index in [2.05, 4.69) is 4.74 Å². The van der Waals surface area contributed by atoms with Crippen LogP contribution in [0.5, 0.6) is 5.75 Å². The average Bonchev–Trinajstić information content (AvgIpc) is 2.14. The van der Waals surface area contributed by atoms with Gasteiger partial charge in [0.1, 0.15) is 5.75 Å². The summed E-state index contributed by atoms with van der Waals surface area (Å²) in [6.07, 6.45) is -4.86. The Hall–Kier alpha value is -0.890. The molecule has 0 heterocycles. The van der Waals surface area contributed by atoms with Gasteiger partial charge in [0.15, 0.2) is 5.60 Å². The van der Waals surface area contributed by atoms with E-state index in [1.54, 1.807) is 0 Å². The number of rotatable bonds is 3. The van der Waals surface area contributed by atoms with E-state index < -0.39 is 22.5 Å². The summed E-state index contributed by atoms with van der Waals surface area (Å²) in [6.45, 7) is 0.835. The van der Waals surface area contributed by atoms with Gasteiger partial charge < -0.3 is 9.84 Å². The second-order valence-electron chi connectivity index (χ2n) is 3.64. The van der Waals surface area contributed by atoms with E-state index in [4.69, 9.17) is 0 Å². The van der Waals surface area contributed by atoms with E-state index in [-0.39, 0.29) is 5.56 Å². The van der Waals surface area contributed by atoms with Crippen LogP contribution in [0, 0.1) is 0 Å². The van der Waals surface area contributed by atoms with E-state index in [0.29, 0.717) is 0 Å². The number of aliphatic hydroxyl groups is 1. The SMILES string of the molecule is CC(O)(c1ccc(OC(F)(F)F)cc1)C(F)(F)Br. The van der Waals surface area contributed by atoms with Gasteiger partial charge in [0.25, 0.3) is 0 Å². The molecule has 0 bridgehead atoms. The molecule has 1 unspecified atom stereocenters. The van der Waals surface area contributed by atoms with Crippen molar-refractivity contribution in [3.05, 3.63) is 29.8 Å². The van der Waals surface area contributed by atoms with E-state index in [0.717, 1.165) is 31.2 Å². The second kappa shape index (κ2) is 4.65. The predicted octanol–water partition coefficient (Wildman–Crippen LogP) is 3.78. The summed E-state index contributed by atoms with van der Waals surface area (Å²) >= 11 is 2.01. The second-order valence-corrected chi connectivity index (χ2v) is 4.64. The molecular weight excluding hydrogens is 327 g/mol. The minimum absolute atomic E-state index is 0.251. The van der Waals surface area contributed by atoms with Crippen molar-refractivity contribution in [3.63, 3.8) is 0 Å². The van der Waals surface area contributed by atoms with Gasteiger partial charge >= 0.3 is 11.2 Å². The lowest BCUT2D eigenvalue weighted by molar-refractivity contribution is -0.274. The summed E-state index contributed by atoms with van der Waals surface area (Å²) < 4.78 is 65.2. The first-order valence-electron chi connectivity index (χ1n) is 4.59. The van der Waals surface area contributed by atoms with E-state index in [1.165, 1.54) is 0 Å². The fraction of sp³-hybridized carbons (Fsp3) is 0.400. The zero-order valence-corrected chi connectivity index (χ0v) is 10.5. The smallest absolute Gasteiger partial charge is 0.406 e. The minimum Gasteiger partial charge on any atom is -0.406 e. The maximum atomic E-state index is 13.0. The molecule has 0 aliphatic carbocycles. The summed E-state index contributed by atoms with van der Waals surface area (Å²) in [4.78, 5) is -3.62. The lowest BCUT2D eigenvalue weighted by Crippen LogP contribution is -2.37. The molecule has 0 amide bonds. The van der Waals surface area contributed by atoms with Crippen LogP contribution in [0.1, 0.15) is 12.5 Å². The molecule has 2 nitrogen and oxygen atoms in total. The number of hydrogen-bond acceptors (Lipinski definition) is 2. The van der Waals surface area contributed by atoms with Crippen molar-refractivity contribution in [1.29, 1.82) is 0 Å². The highest BCUT2D eigenvalue weighted by atomic mass is 79.9. The fourth-order valence-corrected chi connectivity index (χ4v) is 1.37. The van der Waals surface area contributed by atoms with Crippen LogP contribution < -0.4 is 4.74 Å². The lowest BCUT2D eigenvalue weighted by atomic mass is 9.96. The van der Waals surface area contributed by atoms with Gasteiger partial charge in [0, 0.05) is 0 Å². The molecule has 0 spiro atoms. The summed E-state index contributed by atoms with van der Waals surface area (Å²) in [5, 5.41) is 9.59. The average molecular weight is 335 g/mol. The lowest BCUT2D eigenvalue weighted by Gasteiger charge is -2.28. The van der Waals surface area contributed by atoms with Crippen LogP contribution in [0.2, 0.25) is 0 Å². The van der Waals surface area contributed by atoms with Gasteiger partial charge in [-0.1, -0.05) is 12.1 Å². The van der Waals surface area contributed by atoms with Gasteiger partial charge in [-0.2, -0.15) is 8.78 Å². The zero-order valence-electron chi connectivity index (χ0n) is 8.93. The quantitative estimate of drug-likeness (QED) is 0.673. The highest BCUT2D eigenvalue weighted by Crippen LogP contribution is 2.42. The Labute approximate surface area is 107 Å². The van der Waals surface area contributed by atoms with Crippen molar-refractivity contribution in [2.45, 2.75) is 23.7 Å². The first kappa shape index (κ1) is 15.2. The molecule has 8 heteroatoms. The Morgan fingerprint density at radius 2 is 1.50 bits per heavy atom. The van der Waals surface area contributed by atoms with Crippen LogP contribution in [0.4, 0.5) is 22.0 Å². The van der Waals surface area contributed by atoms with E-state index >= 15 is 0 Å². The zero-order chi connectivity index (χ0) is 14.2. The molecule has 0 radical (unpaired) electrons. The van der Waals surface area contributed by atoms with Crippen LogP contribution in [0.25, 0.3) is 0 Å². The summed E-state index contributed by atoms with van der Waals surface area (Å²) in [6, 6.07) is 3.54. The summed E-state index contributed by atoms with van der Waals surface area (Å²) in [5.41, 5.74) is -2.80. The van der Waals surface area contributed by atoms with Crippen LogP contribution in [-0.2, 0) is 5.60 Å². The van der Waals surface area contributed by atoms with Crippen LogP contribution in [0.3, 0.4) is 0 Å². The van der Waals surface area contributed by atoms with Crippen LogP contribution in [-0.4, -0.2) is 16.3 Å². The van der Waals surface area contributed by atoms with Gasteiger partial charge in [-0.15, -0.1) is 13.2 Å². The Morgan fingerprint density at radius 1 is 1.06 bits per heavy atom. The maximum Gasteiger partial charge on any atom is 0.573 e. The molecule has 18 heavy (non-hydrogen) atoms. The molecule has 1 aromatic carbocycles. The third kappa shape index (κ3) is 3.55. The molecule has 102 valence electrons. The van der Waals surface area contributed by atoms with Gasteiger partial charge in [-0.05, 0) is 40.5 Å². The Bertz CT molecular complexity index is 408. The third-order valence-corrected chi connectivity index (χ3v) is 2.97. The van der Waals surface area contributed by atoms with Crippen molar-refractivity contribution in [2.75, 3.05) is 0 Å². The van der Waals surface area contributed by atoms with Crippen LogP contribution >= 0.6 is 15.9 Å². The molecule has 1 aromatic rings. The van der Waals surface area contributed by atoms with Crippen molar-refractivity contribution in [3.8, 4) is 5.75 Å². The standard InChI is InChI=1S/C10H8BrF5O2/c1-8(17,9(11,12)13)6-2-4-7(5-3-6)18-10(14,15)16/h2-5,17H,1H3. The summed E-state index contributed by atoms with van der Waals surface area (Å²) in [7, 11) is 0. The number of halogens is 6. The highest BCUT2D eigenvalue weighted by Gasteiger charge is 2.48. The number of benzene rings is 1. The molecule has 1 rings (SSSR count). The molecule has 0 aliphatic rings.